The fourth-order valence-electron chi connectivity index (χ4n) is 3.13. The van der Waals surface area contributed by atoms with Gasteiger partial charge in [-0.05, 0) is 24.0 Å². The first-order valence-corrected chi connectivity index (χ1v) is 9.15. The average Bonchev–Trinajstić information content (AvgIpc) is 2.70. The zero-order valence-electron chi connectivity index (χ0n) is 15.4. The van der Waals surface area contributed by atoms with E-state index in [1.165, 1.54) is 0 Å². The lowest BCUT2D eigenvalue weighted by Gasteiger charge is -2.35. The zero-order chi connectivity index (χ0) is 19.1. The van der Waals surface area contributed by atoms with Crippen LogP contribution in [-0.4, -0.2) is 35.8 Å². The van der Waals surface area contributed by atoms with E-state index in [4.69, 9.17) is 0 Å². The molecule has 0 spiro atoms. The molecule has 1 aliphatic heterocycles. The highest BCUT2D eigenvalue weighted by atomic mass is 16.2. The third-order valence-corrected chi connectivity index (χ3v) is 4.68. The van der Waals surface area contributed by atoms with Crippen LogP contribution in [-0.2, 0) is 9.59 Å². The summed E-state index contributed by atoms with van der Waals surface area (Å²) >= 11 is 0. The minimum absolute atomic E-state index is 0.0505. The van der Waals surface area contributed by atoms with E-state index in [0.29, 0.717) is 12.8 Å². The van der Waals surface area contributed by atoms with E-state index in [0.717, 1.165) is 11.1 Å². The first kappa shape index (κ1) is 18.6. The van der Waals surface area contributed by atoms with Crippen molar-refractivity contribution < 1.29 is 9.59 Å². The first-order chi connectivity index (χ1) is 13.1. The summed E-state index contributed by atoms with van der Waals surface area (Å²) in [7, 11) is 1.70. The molecule has 0 radical (unpaired) electrons. The number of hydrogen-bond donors (Lipinski definition) is 1. The van der Waals surface area contributed by atoms with Crippen molar-refractivity contribution >= 4 is 24.0 Å². The molecule has 2 aromatic rings. The predicted molar refractivity (Wildman–Crippen MR) is 109 cm³/mol. The SMILES string of the molecule is CN1C(=O)C(CC=Cc2ccccc2)NC(=O)C1CC=Cc1ccccc1. The highest BCUT2D eigenvalue weighted by Crippen LogP contribution is 2.15. The number of hydrogen-bond acceptors (Lipinski definition) is 2. The Kier molecular flexibility index (Phi) is 6.21. The molecule has 2 aromatic carbocycles. The van der Waals surface area contributed by atoms with Crippen LogP contribution in [0.1, 0.15) is 24.0 Å². The molecule has 0 bridgehead atoms. The Balaban J connectivity index is 1.57. The fraction of sp³-hybridized carbons (Fsp3) is 0.217. The largest absolute Gasteiger partial charge is 0.342 e. The van der Waals surface area contributed by atoms with Crippen LogP contribution in [0.15, 0.2) is 72.8 Å². The lowest BCUT2D eigenvalue weighted by Crippen LogP contribution is -2.61. The van der Waals surface area contributed by atoms with Crippen molar-refractivity contribution in [3.63, 3.8) is 0 Å². The molecule has 1 aliphatic rings. The van der Waals surface area contributed by atoms with Crippen LogP contribution in [0.3, 0.4) is 0 Å². The van der Waals surface area contributed by atoms with Crippen LogP contribution < -0.4 is 5.32 Å². The monoisotopic (exact) mass is 360 g/mol. The summed E-state index contributed by atoms with van der Waals surface area (Å²) in [6.07, 6.45) is 8.79. The van der Waals surface area contributed by atoms with Gasteiger partial charge in [0.25, 0.3) is 0 Å². The normalized spacial score (nSPS) is 20.4. The van der Waals surface area contributed by atoms with E-state index in [1.54, 1.807) is 11.9 Å². The number of nitrogens with zero attached hydrogens (tertiary/aromatic N) is 1. The molecule has 1 saturated heterocycles. The average molecular weight is 360 g/mol. The van der Waals surface area contributed by atoms with Gasteiger partial charge in [-0.3, -0.25) is 9.59 Å². The molecule has 27 heavy (non-hydrogen) atoms. The van der Waals surface area contributed by atoms with Crippen LogP contribution in [0, 0.1) is 0 Å². The second-order valence-corrected chi connectivity index (χ2v) is 6.62. The number of piperazine rings is 1. The maximum Gasteiger partial charge on any atom is 0.245 e. The van der Waals surface area contributed by atoms with Gasteiger partial charge in [0, 0.05) is 7.05 Å². The van der Waals surface area contributed by atoms with Crippen molar-refractivity contribution in [2.24, 2.45) is 0 Å². The van der Waals surface area contributed by atoms with Crippen molar-refractivity contribution in [2.45, 2.75) is 24.9 Å². The summed E-state index contributed by atoms with van der Waals surface area (Å²) in [5.41, 5.74) is 2.15. The molecule has 2 unspecified atom stereocenters. The van der Waals surface area contributed by atoms with E-state index in [2.05, 4.69) is 5.32 Å². The summed E-state index contributed by atoms with van der Waals surface area (Å²) in [6, 6.07) is 18.8. The lowest BCUT2D eigenvalue weighted by molar-refractivity contribution is -0.147. The zero-order valence-corrected chi connectivity index (χ0v) is 15.4. The Labute approximate surface area is 160 Å². The molecule has 2 atom stereocenters. The Bertz CT molecular complexity index is 828. The molecule has 1 heterocycles. The van der Waals surface area contributed by atoms with Crippen molar-refractivity contribution in [1.82, 2.24) is 10.2 Å². The van der Waals surface area contributed by atoms with Crippen molar-refractivity contribution in [2.75, 3.05) is 7.05 Å². The summed E-state index contributed by atoms with van der Waals surface area (Å²) in [4.78, 5) is 26.6. The van der Waals surface area contributed by atoms with Crippen LogP contribution in [0.4, 0.5) is 0 Å². The van der Waals surface area contributed by atoms with Gasteiger partial charge >= 0.3 is 0 Å². The molecule has 1 fully saturated rings. The van der Waals surface area contributed by atoms with Crippen molar-refractivity contribution in [3.8, 4) is 0 Å². The second-order valence-electron chi connectivity index (χ2n) is 6.62. The highest BCUT2D eigenvalue weighted by Gasteiger charge is 2.36. The molecule has 4 heteroatoms. The number of likely N-dealkylation sites (N-methyl/N-ethyl adjacent to an activating group) is 1. The number of nitrogens with one attached hydrogen (secondary N) is 1. The van der Waals surface area contributed by atoms with E-state index in [9.17, 15) is 9.59 Å². The fourth-order valence-corrected chi connectivity index (χ4v) is 3.13. The molecule has 138 valence electrons. The Morgan fingerprint density at radius 2 is 1.37 bits per heavy atom. The molecule has 3 rings (SSSR count). The maximum atomic E-state index is 12.6. The summed E-state index contributed by atoms with van der Waals surface area (Å²) in [5.74, 6) is -0.154. The molecule has 0 aliphatic carbocycles. The van der Waals surface area contributed by atoms with Crippen LogP contribution in [0.5, 0.6) is 0 Å². The van der Waals surface area contributed by atoms with Crippen LogP contribution >= 0.6 is 0 Å². The minimum Gasteiger partial charge on any atom is -0.342 e. The van der Waals surface area contributed by atoms with Crippen molar-refractivity contribution in [3.05, 3.63) is 83.9 Å². The van der Waals surface area contributed by atoms with Gasteiger partial charge in [0.1, 0.15) is 12.1 Å². The topological polar surface area (TPSA) is 49.4 Å². The van der Waals surface area contributed by atoms with Gasteiger partial charge in [0.05, 0.1) is 0 Å². The Morgan fingerprint density at radius 3 is 1.93 bits per heavy atom. The predicted octanol–water partition coefficient (Wildman–Crippen LogP) is 3.52. The van der Waals surface area contributed by atoms with Gasteiger partial charge in [-0.1, -0.05) is 85.0 Å². The standard InChI is InChI=1S/C23H24N2O2/c1-25-21(17-9-15-19-12-6-3-7-13-19)22(26)24-20(23(25)27)16-8-14-18-10-4-2-5-11-18/h2-15,20-21H,16-17H2,1H3,(H,24,26). The molecule has 4 nitrogen and oxygen atoms in total. The first-order valence-electron chi connectivity index (χ1n) is 9.15. The van der Waals surface area contributed by atoms with E-state index >= 15 is 0 Å². The molecule has 1 N–H and O–H groups in total. The van der Waals surface area contributed by atoms with Gasteiger partial charge in [-0.15, -0.1) is 0 Å². The van der Waals surface area contributed by atoms with Gasteiger partial charge in [0.15, 0.2) is 0 Å². The third-order valence-electron chi connectivity index (χ3n) is 4.68. The number of rotatable bonds is 6. The quantitative estimate of drug-likeness (QED) is 0.857. The second kappa shape index (κ2) is 8.99. The minimum atomic E-state index is -0.503. The molecular formula is C23H24N2O2. The summed E-state index contributed by atoms with van der Waals surface area (Å²) in [6.45, 7) is 0. The van der Waals surface area contributed by atoms with Gasteiger partial charge < -0.3 is 10.2 Å². The molecule has 2 amide bonds. The Morgan fingerprint density at radius 1 is 0.852 bits per heavy atom. The number of amides is 2. The molecule has 0 saturated carbocycles. The van der Waals surface area contributed by atoms with E-state index in [1.807, 2.05) is 85.0 Å². The van der Waals surface area contributed by atoms with Crippen molar-refractivity contribution in [1.29, 1.82) is 0 Å². The van der Waals surface area contributed by atoms with Crippen LogP contribution in [0.2, 0.25) is 0 Å². The number of carbonyl (C=O) groups is 2. The van der Waals surface area contributed by atoms with E-state index < -0.39 is 12.1 Å². The lowest BCUT2D eigenvalue weighted by atomic mass is 10.0. The third kappa shape index (κ3) is 4.94. The van der Waals surface area contributed by atoms with Gasteiger partial charge in [-0.2, -0.15) is 0 Å². The maximum absolute atomic E-state index is 12.6. The number of carbonyl (C=O) groups excluding carboxylic acids is 2. The smallest absolute Gasteiger partial charge is 0.245 e. The number of benzene rings is 2. The Hall–Kier alpha value is -3.14. The summed E-state index contributed by atoms with van der Waals surface area (Å²) in [5, 5.41) is 2.87. The van der Waals surface area contributed by atoms with E-state index in [-0.39, 0.29) is 11.8 Å². The summed E-state index contributed by atoms with van der Waals surface area (Å²) < 4.78 is 0. The van der Waals surface area contributed by atoms with Gasteiger partial charge in [0.2, 0.25) is 11.8 Å². The van der Waals surface area contributed by atoms with Gasteiger partial charge in [-0.25, -0.2) is 0 Å². The highest BCUT2D eigenvalue weighted by molar-refractivity contribution is 5.97. The molecular weight excluding hydrogens is 336 g/mol. The van der Waals surface area contributed by atoms with Crippen LogP contribution in [0.25, 0.3) is 12.2 Å². The molecule has 0 aromatic heterocycles.